The molecule has 16 heavy (non-hydrogen) atoms. The molecule has 0 amide bonds. The van der Waals surface area contributed by atoms with Crippen LogP contribution in [0.15, 0.2) is 24.3 Å². The van der Waals surface area contributed by atoms with Gasteiger partial charge in [0.1, 0.15) is 0 Å². The molecule has 1 aromatic rings. The van der Waals surface area contributed by atoms with Crippen LogP contribution in [0.25, 0.3) is 0 Å². The van der Waals surface area contributed by atoms with Crippen LogP contribution in [-0.4, -0.2) is 13.6 Å². The molecule has 0 saturated carbocycles. The van der Waals surface area contributed by atoms with E-state index in [4.69, 9.17) is 5.73 Å². The molecule has 90 valence electrons. The first-order valence-corrected chi connectivity index (χ1v) is 6.11. The predicted octanol–water partition coefficient (Wildman–Crippen LogP) is 3.19. The van der Waals surface area contributed by atoms with Gasteiger partial charge in [-0.2, -0.15) is 0 Å². The van der Waals surface area contributed by atoms with Crippen molar-refractivity contribution >= 4 is 5.69 Å². The van der Waals surface area contributed by atoms with E-state index in [1.165, 1.54) is 17.7 Å². The lowest BCUT2D eigenvalue weighted by Crippen LogP contribution is -2.23. The second kappa shape index (κ2) is 5.90. The third-order valence-corrected chi connectivity index (χ3v) is 3.14. The Bertz CT molecular complexity index is 303. The highest BCUT2D eigenvalue weighted by Gasteiger charge is 2.06. The van der Waals surface area contributed by atoms with Crippen LogP contribution in [0.2, 0.25) is 0 Å². The zero-order valence-electron chi connectivity index (χ0n) is 10.9. The summed E-state index contributed by atoms with van der Waals surface area (Å²) < 4.78 is 0. The van der Waals surface area contributed by atoms with Crippen LogP contribution in [0.1, 0.15) is 38.8 Å². The molecule has 0 saturated heterocycles. The van der Waals surface area contributed by atoms with Gasteiger partial charge in [-0.05, 0) is 30.5 Å². The van der Waals surface area contributed by atoms with E-state index in [0.29, 0.717) is 0 Å². The molecule has 0 aliphatic carbocycles. The molecule has 0 spiro atoms. The summed E-state index contributed by atoms with van der Waals surface area (Å²) in [7, 11) is 2.15. The van der Waals surface area contributed by atoms with Crippen molar-refractivity contribution in [3.8, 4) is 0 Å². The van der Waals surface area contributed by atoms with Gasteiger partial charge in [-0.1, -0.05) is 32.4 Å². The van der Waals surface area contributed by atoms with Crippen molar-refractivity contribution in [1.29, 1.82) is 0 Å². The Morgan fingerprint density at radius 1 is 1.19 bits per heavy atom. The number of nitrogens with two attached hydrogens (primary N) is 1. The summed E-state index contributed by atoms with van der Waals surface area (Å²) in [6.07, 6.45) is 1.22. The minimum atomic E-state index is 0.119. The molecular formula is C14H24N2. The van der Waals surface area contributed by atoms with Crippen LogP contribution >= 0.6 is 0 Å². The lowest BCUT2D eigenvalue weighted by Gasteiger charge is -2.23. The first-order valence-electron chi connectivity index (χ1n) is 6.11. The molecule has 0 bridgehead atoms. The summed E-state index contributed by atoms with van der Waals surface area (Å²) in [6.45, 7) is 7.64. The SMILES string of the molecule is CCC(C)CN(C)c1ccc([C@@H](C)N)cc1. The third-order valence-electron chi connectivity index (χ3n) is 3.14. The molecule has 2 N–H and O–H groups in total. The van der Waals surface area contributed by atoms with Crippen molar-refractivity contribution < 1.29 is 0 Å². The summed E-state index contributed by atoms with van der Waals surface area (Å²) >= 11 is 0. The van der Waals surface area contributed by atoms with Gasteiger partial charge in [-0.25, -0.2) is 0 Å². The van der Waals surface area contributed by atoms with E-state index in [-0.39, 0.29) is 6.04 Å². The van der Waals surface area contributed by atoms with E-state index in [1.807, 2.05) is 6.92 Å². The molecule has 0 aromatic heterocycles. The van der Waals surface area contributed by atoms with E-state index in [9.17, 15) is 0 Å². The summed E-state index contributed by atoms with van der Waals surface area (Å²) in [5.41, 5.74) is 8.29. The normalized spacial score (nSPS) is 14.6. The number of rotatable bonds is 5. The molecule has 0 radical (unpaired) electrons. The van der Waals surface area contributed by atoms with Gasteiger partial charge < -0.3 is 10.6 Å². The van der Waals surface area contributed by atoms with Crippen molar-refractivity contribution in [3.05, 3.63) is 29.8 Å². The Morgan fingerprint density at radius 3 is 2.19 bits per heavy atom. The number of anilines is 1. The maximum atomic E-state index is 5.83. The van der Waals surface area contributed by atoms with Gasteiger partial charge in [0.15, 0.2) is 0 Å². The maximum Gasteiger partial charge on any atom is 0.0363 e. The molecule has 2 atom stereocenters. The lowest BCUT2D eigenvalue weighted by atomic mass is 10.1. The monoisotopic (exact) mass is 220 g/mol. The largest absolute Gasteiger partial charge is 0.374 e. The molecule has 0 fully saturated rings. The summed E-state index contributed by atoms with van der Waals surface area (Å²) in [5, 5.41) is 0. The first kappa shape index (κ1) is 13.0. The van der Waals surface area contributed by atoms with Crippen LogP contribution in [-0.2, 0) is 0 Å². The maximum absolute atomic E-state index is 5.83. The Labute approximate surface area is 99.5 Å². The Balaban J connectivity index is 2.66. The Kier molecular flexibility index (Phi) is 4.81. The zero-order valence-corrected chi connectivity index (χ0v) is 10.9. The summed E-state index contributed by atoms with van der Waals surface area (Å²) in [6, 6.07) is 8.66. The lowest BCUT2D eigenvalue weighted by molar-refractivity contribution is 0.560. The second-order valence-corrected chi connectivity index (χ2v) is 4.77. The Morgan fingerprint density at radius 2 is 1.75 bits per heavy atom. The van der Waals surface area contributed by atoms with Crippen molar-refractivity contribution in [2.45, 2.75) is 33.2 Å². The fourth-order valence-corrected chi connectivity index (χ4v) is 1.73. The van der Waals surface area contributed by atoms with Gasteiger partial charge in [0.2, 0.25) is 0 Å². The van der Waals surface area contributed by atoms with E-state index in [1.54, 1.807) is 0 Å². The number of hydrogen-bond donors (Lipinski definition) is 1. The predicted molar refractivity (Wildman–Crippen MR) is 71.8 cm³/mol. The smallest absolute Gasteiger partial charge is 0.0363 e. The van der Waals surface area contributed by atoms with Crippen molar-refractivity contribution in [3.63, 3.8) is 0 Å². The molecule has 0 aliphatic heterocycles. The minimum Gasteiger partial charge on any atom is -0.374 e. The van der Waals surface area contributed by atoms with Gasteiger partial charge in [0, 0.05) is 25.3 Å². The minimum absolute atomic E-state index is 0.119. The fourth-order valence-electron chi connectivity index (χ4n) is 1.73. The molecule has 0 heterocycles. The highest BCUT2D eigenvalue weighted by atomic mass is 15.1. The van der Waals surface area contributed by atoms with Gasteiger partial charge in [-0.15, -0.1) is 0 Å². The summed E-state index contributed by atoms with van der Waals surface area (Å²) in [5.74, 6) is 0.734. The van der Waals surface area contributed by atoms with Crippen molar-refractivity contribution in [2.75, 3.05) is 18.5 Å². The quantitative estimate of drug-likeness (QED) is 0.825. The molecule has 1 unspecified atom stereocenters. The number of benzene rings is 1. The van der Waals surface area contributed by atoms with E-state index >= 15 is 0 Å². The first-order chi connectivity index (χ1) is 7.54. The molecule has 2 heteroatoms. The highest BCUT2D eigenvalue weighted by Crippen LogP contribution is 2.18. The number of hydrogen-bond acceptors (Lipinski definition) is 2. The van der Waals surface area contributed by atoms with Crippen molar-refractivity contribution in [2.24, 2.45) is 11.7 Å². The average Bonchev–Trinajstić information content (AvgIpc) is 2.28. The number of nitrogens with zero attached hydrogens (tertiary/aromatic N) is 1. The molecule has 2 nitrogen and oxygen atoms in total. The van der Waals surface area contributed by atoms with E-state index in [2.05, 4.69) is 50.1 Å². The van der Waals surface area contributed by atoms with Gasteiger partial charge in [0.25, 0.3) is 0 Å². The van der Waals surface area contributed by atoms with Gasteiger partial charge in [0.05, 0.1) is 0 Å². The van der Waals surface area contributed by atoms with Crippen LogP contribution in [0.3, 0.4) is 0 Å². The zero-order chi connectivity index (χ0) is 12.1. The molecular weight excluding hydrogens is 196 g/mol. The van der Waals surface area contributed by atoms with Crippen LogP contribution in [0.4, 0.5) is 5.69 Å². The third kappa shape index (κ3) is 3.53. The summed E-state index contributed by atoms with van der Waals surface area (Å²) in [4.78, 5) is 2.30. The Hall–Kier alpha value is -1.02. The molecule has 0 aliphatic rings. The van der Waals surface area contributed by atoms with Crippen LogP contribution in [0, 0.1) is 5.92 Å². The topological polar surface area (TPSA) is 29.3 Å². The molecule has 1 rings (SSSR count). The van der Waals surface area contributed by atoms with Crippen LogP contribution < -0.4 is 10.6 Å². The fraction of sp³-hybridized carbons (Fsp3) is 0.571. The van der Waals surface area contributed by atoms with Gasteiger partial charge >= 0.3 is 0 Å². The van der Waals surface area contributed by atoms with Crippen LogP contribution in [0.5, 0.6) is 0 Å². The standard InChI is InChI=1S/C14H24N2/c1-5-11(2)10-16(4)14-8-6-13(7-9-14)12(3)15/h6-9,11-12H,5,10,15H2,1-4H3/t11?,12-/m1/s1. The second-order valence-electron chi connectivity index (χ2n) is 4.77. The van der Waals surface area contributed by atoms with E-state index in [0.717, 1.165) is 12.5 Å². The molecule has 1 aromatic carbocycles. The van der Waals surface area contributed by atoms with E-state index < -0.39 is 0 Å². The average molecular weight is 220 g/mol. The highest BCUT2D eigenvalue weighted by molar-refractivity contribution is 5.47. The van der Waals surface area contributed by atoms with Crippen molar-refractivity contribution in [1.82, 2.24) is 0 Å². The van der Waals surface area contributed by atoms with Gasteiger partial charge in [-0.3, -0.25) is 0 Å².